The van der Waals surface area contributed by atoms with Crippen molar-refractivity contribution in [2.75, 3.05) is 6.54 Å². The molecule has 0 aromatic heterocycles. The van der Waals surface area contributed by atoms with Crippen LogP contribution in [0.25, 0.3) is 0 Å². The molecule has 2 N–H and O–H groups in total. The first-order valence-electron chi connectivity index (χ1n) is 7.85. The van der Waals surface area contributed by atoms with Crippen molar-refractivity contribution in [3.8, 4) is 0 Å². The van der Waals surface area contributed by atoms with Gasteiger partial charge in [-0.1, -0.05) is 59.3 Å². The fourth-order valence-corrected chi connectivity index (χ4v) is 2.77. The molecule has 1 rings (SSSR count). The lowest BCUT2D eigenvalue weighted by Crippen LogP contribution is -2.28. The standard InChI is InChI=1S/C16H32N2/c1-4-5-9-12-16(2,3)13-18-15(17)14-10-7-6-8-11-14/h14H,4-13H2,1-3H3,(H2,17,18). The highest BCUT2D eigenvalue weighted by molar-refractivity contribution is 5.82. The molecule has 1 fully saturated rings. The normalized spacial score (nSPS) is 19.2. The zero-order chi connectivity index (χ0) is 13.4. The van der Waals surface area contributed by atoms with Crippen LogP contribution in [0.3, 0.4) is 0 Å². The van der Waals surface area contributed by atoms with Crippen LogP contribution < -0.4 is 5.73 Å². The van der Waals surface area contributed by atoms with Gasteiger partial charge in [-0.3, -0.25) is 4.99 Å². The van der Waals surface area contributed by atoms with E-state index in [2.05, 4.69) is 20.8 Å². The Morgan fingerprint density at radius 2 is 1.83 bits per heavy atom. The summed E-state index contributed by atoms with van der Waals surface area (Å²) in [7, 11) is 0. The number of aliphatic imine (C=N–C) groups is 1. The Morgan fingerprint density at radius 3 is 2.44 bits per heavy atom. The number of unbranched alkanes of at least 4 members (excludes halogenated alkanes) is 2. The molecule has 1 aliphatic carbocycles. The summed E-state index contributed by atoms with van der Waals surface area (Å²) in [4.78, 5) is 4.69. The van der Waals surface area contributed by atoms with E-state index >= 15 is 0 Å². The van der Waals surface area contributed by atoms with Crippen molar-refractivity contribution in [1.29, 1.82) is 0 Å². The molecule has 0 radical (unpaired) electrons. The molecule has 0 saturated heterocycles. The van der Waals surface area contributed by atoms with Crippen LogP contribution >= 0.6 is 0 Å². The van der Waals surface area contributed by atoms with Gasteiger partial charge in [-0.05, 0) is 24.7 Å². The van der Waals surface area contributed by atoms with Crippen molar-refractivity contribution in [3.63, 3.8) is 0 Å². The molecule has 0 amide bonds. The van der Waals surface area contributed by atoms with Gasteiger partial charge in [0.2, 0.25) is 0 Å². The molecule has 0 aliphatic heterocycles. The van der Waals surface area contributed by atoms with Crippen LogP contribution in [0.5, 0.6) is 0 Å². The maximum atomic E-state index is 6.16. The molecule has 0 aromatic rings. The van der Waals surface area contributed by atoms with Crippen molar-refractivity contribution < 1.29 is 0 Å². The lowest BCUT2D eigenvalue weighted by Gasteiger charge is -2.25. The second-order valence-corrected chi connectivity index (χ2v) is 6.70. The predicted octanol–water partition coefficient (Wildman–Crippen LogP) is 4.53. The van der Waals surface area contributed by atoms with Gasteiger partial charge in [-0.15, -0.1) is 0 Å². The second kappa shape index (κ2) is 7.81. The lowest BCUT2D eigenvalue weighted by atomic mass is 9.86. The van der Waals surface area contributed by atoms with E-state index in [0.29, 0.717) is 11.3 Å². The minimum atomic E-state index is 0.314. The van der Waals surface area contributed by atoms with Crippen LogP contribution in [0.1, 0.15) is 78.6 Å². The van der Waals surface area contributed by atoms with Gasteiger partial charge in [-0.2, -0.15) is 0 Å². The van der Waals surface area contributed by atoms with Crippen molar-refractivity contribution in [3.05, 3.63) is 0 Å². The summed E-state index contributed by atoms with van der Waals surface area (Å²) in [6.45, 7) is 7.80. The van der Waals surface area contributed by atoms with Gasteiger partial charge in [-0.25, -0.2) is 0 Å². The summed E-state index contributed by atoms with van der Waals surface area (Å²) in [5.41, 5.74) is 6.47. The summed E-state index contributed by atoms with van der Waals surface area (Å²) in [5, 5.41) is 0. The van der Waals surface area contributed by atoms with Crippen molar-refractivity contribution >= 4 is 5.84 Å². The van der Waals surface area contributed by atoms with Gasteiger partial charge < -0.3 is 5.73 Å². The van der Waals surface area contributed by atoms with Crippen molar-refractivity contribution in [2.24, 2.45) is 22.1 Å². The first-order valence-corrected chi connectivity index (χ1v) is 7.85. The highest BCUT2D eigenvalue weighted by Crippen LogP contribution is 2.26. The van der Waals surface area contributed by atoms with Crippen LogP contribution in [0.2, 0.25) is 0 Å². The Bertz CT molecular complexity index is 250. The fourth-order valence-electron chi connectivity index (χ4n) is 2.77. The first kappa shape index (κ1) is 15.5. The van der Waals surface area contributed by atoms with E-state index in [1.807, 2.05) is 0 Å². The third-order valence-electron chi connectivity index (χ3n) is 4.17. The Labute approximate surface area is 113 Å². The van der Waals surface area contributed by atoms with E-state index in [9.17, 15) is 0 Å². The van der Waals surface area contributed by atoms with Gasteiger partial charge in [0, 0.05) is 12.5 Å². The van der Waals surface area contributed by atoms with Crippen LogP contribution in [-0.2, 0) is 0 Å². The van der Waals surface area contributed by atoms with Crippen LogP contribution in [0.4, 0.5) is 0 Å². The number of hydrogen-bond acceptors (Lipinski definition) is 1. The largest absolute Gasteiger partial charge is 0.387 e. The van der Waals surface area contributed by atoms with E-state index < -0.39 is 0 Å². The molecular weight excluding hydrogens is 220 g/mol. The molecule has 2 nitrogen and oxygen atoms in total. The van der Waals surface area contributed by atoms with E-state index in [4.69, 9.17) is 10.7 Å². The van der Waals surface area contributed by atoms with E-state index in [1.54, 1.807) is 0 Å². The highest BCUT2D eigenvalue weighted by atomic mass is 14.9. The van der Waals surface area contributed by atoms with Gasteiger partial charge >= 0.3 is 0 Å². The molecule has 1 aliphatic rings. The molecular formula is C16H32N2. The molecule has 0 spiro atoms. The summed E-state index contributed by atoms with van der Waals surface area (Å²) in [6, 6.07) is 0. The van der Waals surface area contributed by atoms with Gasteiger partial charge in [0.15, 0.2) is 0 Å². The molecule has 18 heavy (non-hydrogen) atoms. The molecule has 0 bridgehead atoms. The molecule has 0 atom stereocenters. The van der Waals surface area contributed by atoms with Gasteiger partial charge in [0.05, 0.1) is 5.84 Å². The van der Waals surface area contributed by atoms with Crippen molar-refractivity contribution in [2.45, 2.75) is 78.6 Å². The summed E-state index contributed by atoms with van der Waals surface area (Å²) < 4.78 is 0. The number of amidine groups is 1. The SMILES string of the molecule is CCCCCC(C)(C)CN=C(N)C1CCCCC1. The summed E-state index contributed by atoms with van der Waals surface area (Å²) >= 11 is 0. The predicted molar refractivity (Wildman–Crippen MR) is 81.0 cm³/mol. The maximum absolute atomic E-state index is 6.16. The highest BCUT2D eigenvalue weighted by Gasteiger charge is 2.20. The second-order valence-electron chi connectivity index (χ2n) is 6.70. The molecule has 0 aromatic carbocycles. The lowest BCUT2D eigenvalue weighted by molar-refractivity contribution is 0.331. The summed E-state index contributed by atoms with van der Waals surface area (Å²) in [6.07, 6.45) is 11.8. The minimum Gasteiger partial charge on any atom is -0.387 e. The molecule has 1 saturated carbocycles. The van der Waals surface area contributed by atoms with E-state index in [1.165, 1.54) is 57.8 Å². The maximum Gasteiger partial charge on any atom is 0.0968 e. The fraction of sp³-hybridized carbons (Fsp3) is 0.938. The monoisotopic (exact) mass is 252 g/mol. The van der Waals surface area contributed by atoms with E-state index in [0.717, 1.165) is 12.4 Å². The number of nitrogens with zero attached hydrogens (tertiary/aromatic N) is 1. The quantitative estimate of drug-likeness (QED) is 0.403. The third-order valence-corrected chi connectivity index (χ3v) is 4.17. The topological polar surface area (TPSA) is 38.4 Å². The van der Waals surface area contributed by atoms with E-state index in [-0.39, 0.29) is 0 Å². The Balaban J connectivity index is 2.35. The van der Waals surface area contributed by atoms with Crippen molar-refractivity contribution in [1.82, 2.24) is 0 Å². The number of nitrogens with two attached hydrogens (primary N) is 1. The van der Waals surface area contributed by atoms with Crippen LogP contribution in [0, 0.1) is 11.3 Å². The van der Waals surface area contributed by atoms with Gasteiger partial charge in [0.1, 0.15) is 0 Å². The average Bonchev–Trinajstić information content (AvgIpc) is 2.37. The van der Waals surface area contributed by atoms with Gasteiger partial charge in [0.25, 0.3) is 0 Å². The average molecular weight is 252 g/mol. The Morgan fingerprint density at radius 1 is 1.17 bits per heavy atom. The molecule has 2 heteroatoms. The number of hydrogen-bond donors (Lipinski definition) is 1. The van der Waals surface area contributed by atoms with Crippen LogP contribution in [0.15, 0.2) is 4.99 Å². The smallest absolute Gasteiger partial charge is 0.0968 e. The zero-order valence-corrected chi connectivity index (χ0v) is 12.7. The van der Waals surface area contributed by atoms with Crippen LogP contribution in [-0.4, -0.2) is 12.4 Å². The first-order chi connectivity index (χ1) is 8.55. The number of rotatable bonds is 7. The molecule has 0 unspecified atom stereocenters. The third kappa shape index (κ3) is 5.88. The molecule has 0 heterocycles. The Kier molecular flexibility index (Phi) is 6.73. The minimum absolute atomic E-state index is 0.314. The molecule has 106 valence electrons. The Hall–Kier alpha value is -0.530. The summed E-state index contributed by atoms with van der Waals surface area (Å²) in [5.74, 6) is 1.50. The zero-order valence-electron chi connectivity index (χ0n) is 12.7.